The Kier molecular flexibility index (Phi) is 5.26. The number of benzene rings is 1. The molecular weight excluding hydrogens is 390 g/mol. The second kappa shape index (κ2) is 8.02. The zero-order chi connectivity index (χ0) is 21.3. The van der Waals surface area contributed by atoms with Crippen LogP contribution in [0.2, 0.25) is 0 Å². The lowest BCUT2D eigenvalue weighted by atomic mass is 10.1. The van der Waals surface area contributed by atoms with Crippen LogP contribution in [-0.2, 0) is 0 Å². The normalized spacial score (nSPS) is 16.0. The lowest BCUT2D eigenvalue weighted by Gasteiger charge is -2.18. The molecule has 1 aliphatic rings. The topological polar surface area (TPSA) is 97.0 Å². The molecule has 3 N–H and O–H groups in total. The number of anilines is 2. The molecule has 0 unspecified atom stereocenters. The van der Waals surface area contributed by atoms with Gasteiger partial charge in [0, 0.05) is 42.5 Å². The van der Waals surface area contributed by atoms with Gasteiger partial charge in [-0.25, -0.2) is 28.5 Å². The summed E-state index contributed by atoms with van der Waals surface area (Å²) in [5.41, 5.74) is 7.42. The first-order valence-corrected chi connectivity index (χ1v) is 9.48. The predicted molar refractivity (Wildman–Crippen MR) is 109 cm³/mol. The Morgan fingerprint density at radius 1 is 1.20 bits per heavy atom. The van der Waals surface area contributed by atoms with Gasteiger partial charge in [0.1, 0.15) is 17.5 Å². The number of hydrogen-bond acceptors (Lipinski definition) is 5. The van der Waals surface area contributed by atoms with Crippen molar-refractivity contribution in [2.24, 2.45) is 0 Å². The second-order valence-electron chi connectivity index (χ2n) is 7.18. The fourth-order valence-corrected chi connectivity index (χ4v) is 3.42. The third-order valence-corrected chi connectivity index (χ3v) is 5.01. The molecule has 0 radical (unpaired) electrons. The third-order valence-electron chi connectivity index (χ3n) is 5.01. The SMILES string of the molecule is Cc1ccnc([C@@H]2CCN(C(=O)Nc3nc(-c4ccc(F)cc4F)ccc3N)C2)n1. The monoisotopic (exact) mass is 410 g/mol. The molecule has 2 aromatic heterocycles. The van der Waals surface area contributed by atoms with Crippen molar-refractivity contribution in [1.29, 1.82) is 0 Å². The zero-order valence-corrected chi connectivity index (χ0v) is 16.3. The Hall–Kier alpha value is -3.62. The van der Waals surface area contributed by atoms with Gasteiger partial charge in [-0.1, -0.05) is 0 Å². The van der Waals surface area contributed by atoms with Gasteiger partial charge < -0.3 is 10.6 Å². The van der Waals surface area contributed by atoms with Crippen LogP contribution in [0, 0.1) is 18.6 Å². The lowest BCUT2D eigenvalue weighted by Crippen LogP contribution is -2.33. The van der Waals surface area contributed by atoms with Gasteiger partial charge in [0.2, 0.25) is 0 Å². The van der Waals surface area contributed by atoms with Gasteiger partial charge in [0.05, 0.1) is 11.4 Å². The molecule has 1 fully saturated rings. The summed E-state index contributed by atoms with van der Waals surface area (Å²) in [6.07, 6.45) is 2.46. The molecule has 3 aromatic rings. The van der Waals surface area contributed by atoms with Crippen molar-refractivity contribution in [3.8, 4) is 11.3 Å². The number of halogens is 2. The number of aromatic nitrogens is 3. The predicted octanol–water partition coefficient (Wildman–Crippen LogP) is 3.73. The van der Waals surface area contributed by atoms with E-state index in [1.165, 1.54) is 18.2 Å². The van der Waals surface area contributed by atoms with Gasteiger partial charge >= 0.3 is 6.03 Å². The van der Waals surface area contributed by atoms with Crippen LogP contribution in [0.3, 0.4) is 0 Å². The number of nitrogens with one attached hydrogen (secondary N) is 1. The Bertz CT molecular complexity index is 1110. The van der Waals surface area contributed by atoms with E-state index in [-0.39, 0.29) is 34.7 Å². The van der Waals surface area contributed by atoms with Crippen molar-refractivity contribution < 1.29 is 13.6 Å². The molecule has 0 spiro atoms. The van der Waals surface area contributed by atoms with E-state index < -0.39 is 11.6 Å². The minimum atomic E-state index is -0.745. The Balaban J connectivity index is 1.49. The third kappa shape index (κ3) is 4.05. The van der Waals surface area contributed by atoms with E-state index in [0.29, 0.717) is 13.1 Å². The van der Waals surface area contributed by atoms with E-state index in [0.717, 1.165) is 30.1 Å². The highest BCUT2D eigenvalue weighted by atomic mass is 19.1. The largest absolute Gasteiger partial charge is 0.396 e. The van der Waals surface area contributed by atoms with Gasteiger partial charge in [0.25, 0.3) is 0 Å². The number of likely N-dealkylation sites (tertiary alicyclic amines) is 1. The first kappa shape index (κ1) is 19.7. The molecule has 4 rings (SSSR count). The van der Waals surface area contributed by atoms with Gasteiger partial charge in [-0.2, -0.15) is 0 Å². The molecule has 9 heteroatoms. The van der Waals surface area contributed by atoms with Crippen LogP contribution < -0.4 is 11.1 Å². The number of pyridine rings is 1. The highest BCUT2D eigenvalue weighted by molar-refractivity contribution is 5.92. The highest BCUT2D eigenvalue weighted by Crippen LogP contribution is 2.28. The number of rotatable bonds is 3. The molecule has 3 heterocycles. The first-order chi connectivity index (χ1) is 14.4. The van der Waals surface area contributed by atoms with Gasteiger partial charge in [0.15, 0.2) is 5.82 Å². The van der Waals surface area contributed by atoms with E-state index in [1.807, 2.05) is 13.0 Å². The average molecular weight is 410 g/mol. The molecule has 0 aliphatic carbocycles. The van der Waals surface area contributed by atoms with E-state index in [2.05, 4.69) is 20.3 Å². The number of carbonyl (C=O) groups excluding carboxylic acids is 1. The zero-order valence-electron chi connectivity index (χ0n) is 16.3. The summed E-state index contributed by atoms with van der Waals surface area (Å²) in [5, 5.41) is 2.69. The van der Waals surface area contributed by atoms with E-state index in [9.17, 15) is 13.6 Å². The van der Waals surface area contributed by atoms with Crippen molar-refractivity contribution in [3.05, 3.63) is 65.7 Å². The number of nitrogen functional groups attached to an aromatic ring is 1. The second-order valence-corrected chi connectivity index (χ2v) is 7.18. The lowest BCUT2D eigenvalue weighted by molar-refractivity contribution is 0.222. The summed E-state index contributed by atoms with van der Waals surface area (Å²) in [4.78, 5) is 27.4. The summed E-state index contributed by atoms with van der Waals surface area (Å²) < 4.78 is 27.3. The maximum absolute atomic E-state index is 14.1. The molecule has 1 saturated heterocycles. The number of hydrogen-bond donors (Lipinski definition) is 2. The van der Waals surface area contributed by atoms with Crippen LogP contribution in [0.15, 0.2) is 42.6 Å². The number of aryl methyl sites for hydroxylation is 1. The molecule has 7 nitrogen and oxygen atoms in total. The smallest absolute Gasteiger partial charge is 0.323 e. The van der Waals surface area contributed by atoms with Crippen molar-refractivity contribution in [2.45, 2.75) is 19.3 Å². The van der Waals surface area contributed by atoms with Crippen molar-refractivity contribution in [2.75, 3.05) is 24.1 Å². The molecule has 1 aliphatic heterocycles. The van der Waals surface area contributed by atoms with Gasteiger partial charge in [-0.15, -0.1) is 0 Å². The minimum absolute atomic E-state index is 0.0561. The van der Waals surface area contributed by atoms with E-state index in [1.54, 1.807) is 11.1 Å². The summed E-state index contributed by atoms with van der Waals surface area (Å²) in [6, 6.07) is 7.73. The molecule has 1 aromatic carbocycles. The molecule has 0 saturated carbocycles. The van der Waals surface area contributed by atoms with Crippen molar-refractivity contribution in [3.63, 3.8) is 0 Å². The van der Waals surface area contributed by atoms with Gasteiger partial charge in [-0.05, 0) is 43.7 Å². The summed E-state index contributed by atoms with van der Waals surface area (Å²) in [6.45, 7) is 2.91. The molecular formula is C21H20F2N6O. The molecule has 154 valence electrons. The number of urea groups is 1. The highest BCUT2D eigenvalue weighted by Gasteiger charge is 2.29. The van der Waals surface area contributed by atoms with Crippen LogP contribution >= 0.6 is 0 Å². The van der Waals surface area contributed by atoms with Gasteiger partial charge in [-0.3, -0.25) is 5.32 Å². The molecule has 30 heavy (non-hydrogen) atoms. The minimum Gasteiger partial charge on any atom is -0.396 e. The fourth-order valence-electron chi connectivity index (χ4n) is 3.42. The summed E-state index contributed by atoms with van der Waals surface area (Å²) >= 11 is 0. The summed E-state index contributed by atoms with van der Waals surface area (Å²) in [7, 11) is 0. The van der Waals surface area contributed by atoms with Crippen LogP contribution in [-0.4, -0.2) is 39.0 Å². The average Bonchev–Trinajstić information content (AvgIpc) is 3.20. The number of amides is 2. The van der Waals surface area contributed by atoms with Crippen molar-refractivity contribution in [1.82, 2.24) is 19.9 Å². The Morgan fingerprint density at radius 3 is 2.80 bits per heavy atom. The maximum atomic E-state index is 14.1. The fraction of sp³-hybridized carbons (Fsp3) is 0.238. The number of nitrogens with two attached hydrogens (primary N) is 1. The number of nitrogens with zero attached hydrogens (tertiary/aromatic N) is 4. The van der Waals surface area contributed by atoms with E-state index >= 15 is 0 Å². The summed E-state index contributed by atoms with van der Waals surface area (Å²) in [5.74, 6) is -0.528. The number of carbonyl (C=O) groups is 1. The molecule has 1 atom stereocenters. The Labute approximate surface area is 172 Å². The standard InChI is InChI=1S/C21H20F2N6O/c1-12-6-8-25-19(26-12)13-7-9-29(11-13)21(30)28-20-17(24)4-5-18(27-20)15-3-2-14(22)10-16(15)23/h2-6,8,10,13H,7,9,11,24H2,1H3,(H,27,28,30)/t13-/m1/s1. The van der Waals surface area contributed by atoms with Crippen LogP contribution in [0.5, 0.6) is 0 Å². The van der Waals surface area contributed by atoms with Crippen LogP contribution in [0.25, 0.3) is 11.3 Å². The molecule has 0 bridgehead atoms. The first-order valence-electron chi connectivity index (χ1n) is 9.48. The van der Waals surface area contributed by atoms with Crippen molar-refractivity contribution >= 4 is 17.5 Å². The van der Waals surface area contributed by atoms with E-state index in [4.69, 9.17) is 5.73 Å². The maximum Gasteiger partial charge on any atom is 0.323 e. The van der Waals surface area contributed by atoms with Crippen LogP contribution in [0.4, 0.5) is 25.1 Å². The van der Waals surface area contributed by atoms with Crippen LogP contribution in [0.1, 0.15) is 23.9 Å². The quantitative estimate of drug-likeness (QED) is 0.686. The molecule has 2 amide bonds. The Morgan fingerprint density at radius 2 is 2.03 bits per heavy atom.